The first-order valence-electron chi connectivity index (χ1n) is 6.16. The second kappa shape index (κ2) is 5.41. The second-order valence-corrected chi connectivity index (χ2v) is 4.27. The lowest BCUT2D eigenvalue weighted by Gasteiger charge is -2.37. The van der Waals surface area contributed by atoms with Crippen molar-refractivity contribution in [1.82, 2.24) is 25.0 Å². The van der Waals surface area contributed by atoms with E-state index in [1.807, 2.05) is 4.68 Å². The van der Waals surface area contributed by atoms with Crippen molar-refractivity contribution in [1.29, 1.82) is 0 Å². The fraction of sp³-hybridized carbons (Fsp3) is 0.818. The highest BCUT2D eigenvalue weighted by atomic mass is 15.4. The smallest absolute Gasteiger partial charge is 0.141 e. The van der Waals surface area contributed by atoms with E-state index in [0.29, 0.717) is 6.04 Å². The Bertz CT molecular complexity index is 318. The minimum absolute atomic E-state index is 0.678. The fourth-order valence-electron chi connectivity index (χ4n) is 2.02. The molecule has 0 radical (unpaired) electrons. The molecule has 0 unspecified atom stereocenters. The molecular weight excluding hydrogens is 202 g/mol. The molecule has 0 aromatic carbocycles. The van der Waals surface area contributed by atoms with E-state index in [4.69, 9.17) is 0 Å². The van der Waals surface area contributed by atoms with Crippen LogP contribution in [0.25, 0.3) is 0 Å². The molecule has 1 fully saturated rings. The van der Waals surface area contributed by atoms with Gasteiger partial charge in [-0.25, -0.2) is 9.67 Å². The van der Waals surface area contributed by atoms with Gasteiger partial charge in [-0.1, -0.05) is 13.8 Å². The maximum Gasteiger partial charge on any atom is 0.141 e. The van der Waals surface area contributed by atoms with Crippen molar-refractivity contribution in [3.05, 3.63) is 12.2 Å². The highest BCUT2D eigenvalue weighted by Gasteiger charge is 2.24. The maximum atomic E-state index is 4.35. The quantitative estimate of drug-likeness (QED) is 0.762. The zero-order valence-electron chi connectivity index (χ0n) is 10.2. The minimum Gasteiger partial charge on any atom is -0.314 e. The van der Waals surface area contributed by atoms with Crippen molar-refractivity contribution < 1.29 is 0 Å². The fourth-order valence-corrected chi connectivity index (χ4v) is 2.02. The lowest BCUT2D eigenvalue weighted by Crippen LogP contribution is -2.56. The first-order chi connectivity index (χ1) is 7.85. The van der Waals surface area contributed by atoms with Crippen LogP contribution in [0.5, 0.6) is 0 Å². The van der Waals surface area contributed by atoms with Gasteiger partial charge in [0.05, 0.1) is 6.54 Å². The van der Waals surface area contributed by atoms with Gasteiger partial charge in [0.15, 0.2) is 0 Å². The van der Waals surface area contributed by atoms with Gasteiger partial charge in [-0.05, 0) is 13.0 Å². The average molecular weight is 223 g/mol. The molecule has 90 valence electrons. The van der Waals surface area contributed by atoms with Crippen molar-refractivity contribution in [3.8, 4) is 0 Å². The summed E-state index contributed by atoms with van der Waals surface area (Å²) in [4.78, 5) is 6.82. The third-order valence-electron chi connectivity index (χ3n) is 3.16. The largest absolute Gasteiger partial charge is 0.314 e. The molecule has 0 aliphatic carbocycles. The first-order valence-corrected chi connectivity index (χ1v) is 6.16. The molecular formula is C11H21N5. The molecule has 0 spiro atoms. The van der Waals surface area contributed by atoms with E-state index in [1.54, 1.807) is 6.33 Å². The summed E-state index contributed by atoms with van der Waals surface area (Å²) in [6.07, 6.45) is 2.77. The van der Waals surface area contributed by atoms with E-state index in [-0.39, 0.29) is 0 Å². The summed E-state index contributed by atoms with van der Waals surface area (Å²) in [5.41, 5.74) is 0. The van der Waals surface area contributed by atoms with Crippen LogP contribution >= 0.6 is 0 Å². The van der Waals surface area contributed by atoms with E-state index in [9.17, 15) is 0 Å². The van der Waals surface area contributed by atoms with Crippen molar-refractivity contribution in [2.24, 2.45) is 0 Å². The lowest BCUT2D eigenvalue weighted by molar-refractivity contribution is 0.139. The highest BCUT2D eigenvalue weighted by molar-refractivity contribution is 4.90. The summed E-state index contributed by atoms with van der Waals surface area (Å²) < 4.78 is 2.02. The van der Waals surface area contributed by atoms with Gasteiger partial charge in [0, 0.05) is 25.7 Å². The van der Waals surface area contributed by atoms with Crippen LogP contribution in [0.15, 0.2) is 6.33 Å². The number of rotatable bonds is 6. The Morgan fingerprint density at radius 2 is 2.31 bits per heavy atom. The molecule has 0 amide bonds. The van der Waals surface area contributed by atoms with E-state index in [2.05, 4.69) is 34.1 Å². The Morgan fingerprint density at radius 3 is 2.88 bits per heavy atom. The van der Waals surface area contributed by atoms with Crippen LogP contribution in [0.2, 0.25) is 0 Å². The summed E-state index contributed by atoms with van der Waals surface area (Å²) in [6.45, 7) is 9.55. The molecule has 1 aliphatic heterocycles. The standard InChI is InChI=1S/C11H21N5/c1-3-5-16-11(13-9-14-16)8-15(4-2)10-6-12-7-10/h9-10,12H,3-8H2,1-2H3. The molecule has 16 heavy (non-hydrogen) atoms. The van der Waals surface area contributed by atoms with Crippen molar-refractivity contribution >= 4 is 0 Å². The summed E-state index contributed by atoms with van der Waals surface area (Å²) in [5, 5.41) is 7.57. The van der Waals surface area contributed by atoms with Gasteiger partial charge in [-0.15, -0.1) is 0 Å². The second-order valence-electron chi connectivity index (χ2n) is 4.27. The van der Waals surface area contributed by atoms with E-state index in [0.717, 1.165) is 45.0 Å². The molecule has 2 heterocycles. The molecule has 1 aromatic heterocycles. The summed E-state index contributed by atoms with van der Waals surface area (Å²) in [6, 6.07) is 0.678. The van der Waals surface area contributed by atoms with Gasteiger partial charge in [0.25, 0.3) is 0 Å². The normalized spacial score (nSPS) is 16.7. The molecule has 5 heteroatoms. The lowest BCUT2D eigenvalue weighted by atomic mass is 10.1. The Balaban J connectivity index is 1.97. The number of likely N-dealkylation sites (N-methyl/N-ethyl adjacent to an activating group) is 1. The van der Waals surface area contributed by atoms with Crippen molar-refractivity contribution in [2.75, 3.05) is 19.6 Å². The van der Waals surface area contributed by atoms with Crippen molar-refractivity contribution in [2.45, 2.75) is 39.4 Å². The van der Waals surface area contributed by atoms with Gasteiger partial charge < -0.3 is 5.32 Å². The minimum atomic E-state index is 0.678. The summed E-state index contributed by atoms with van der Waals surface area (Å²) >= 11 is 0. The zero-order valence-corrected chi connectivity index (χ0v) is 10.2. The SMILES string of the molecule is CCCn1ncnc1CN(CC)C1CNC1. The number of nitrogens with zero attached hydrogens (tertiary/aromatic N) is 4. The monoisotopic (exact) mass is 223 g/mol. The number of hydrogen-bond donors (Lipinski definition) is 1. The summed E-state index contributed by atoms with van der Waals surface area (Å²) in [7, 11) is 0. The molecule has 1 saturated heterocycles. The van der Waals surface area contributed by atoms with E-state index < -0.39 is 0 Å². The topological polar surface area (TPSA) is 46.0 Å². The Hall–Kier alpha value is -0.940. The van der Waals surface area contributed by atoms with Gasteiger partial charge >= 0.3 is 0 Å². The molecule has 0 bridgehead atoms. The van der Waals surface area contributed by atoms with Crippen LogP contribution in [-0.4, -0.2) is 45.3 Å². The predicted molar refractivity (Wildman–Crippen MR) is 63.1 cm³/mol. The molecule has 0 atom stereocenters. The van der Waals surface area contributed by atoms with Gasteiger partial charge in [-0.2, -0.15) is 5.10 Å². The molecule has 1 aliphatic rings. The van der Waals surface area contributed by atoms with Gasteiger partial charge in [0.1, 0.15) is 12.2 Å². The molecule has 0 saturated carbocycles. The van der Waals surface area contributed by atoms with Crippen LogP contribution in [0.3, 0.4) is 0 Å². The Morgan fingerprint density at radius 1 is 1.50 bits per heavy atom. The van der Waals surface area contributed by atoms with Crippen LogP contribution < -0.4 is 5.32 Å². The average Bonchev–Trinajstić information content (AvgIpc) is 2.63. The Labute approximate surface area is 96.8 Å². The van der Waals surface area contributed by atoms with Crippen molar-refractivity contribution in [3.63, 3.8) is 0 Å². The Kier molecular flexibility index (Phi) is 3.90. The predicted octanol–water partition coefficient (Wildman–Crippen LogP) is 0.482. The maximum absolute atomic E-state index is 4.35. The van der Waals surface area contributed by atoms with E-state index in [1.165, 1.54) is 0 Å². The number of hydrogen-bond acceptors (Lipinski definition) is 4. The van der Waals surface area contributed by atoms with Crippen LogP contribution in [0, 0.1) is 0 Å². The number of nitrogens with one attached hydrogen (secondary N) is 1. The third-order valence-corrected chi connectivity index (χ3v) is 3.16. The van der Waals surface area contributed by atoms with Gasteiger partial charge in [-0.3, -0.25) is 4.90 Å². The molecule has 2 rings (SSSR count). The van der Waals surface area contributed by atoms with Gasteiger partial charge in [0.2, 0.25) is 0 Å². The first kappa shape index (κ1) is 11.5. The molecule has 5 nitrogen and oxygen atoms in total. The summed E-state index contributed by atoms with van der Waals surface area (Å²) in [5.74, 6) is 1.09. The van der Waals surface area contributed by atoms with Crippen LogP contribution in [-0.2, 0) is 13.1 Å². The van der Waals surface area contributed by atoms with Crippen LogP contribution in [0.4, 0.5) is 0 Å². The van der Waals surface area contributed by atoms with Crippen LogP contribution in [0.1, 0.15) is 26.1 Å². The molecule has 1 aromatic rings. The number of aromatic nitrogens is 3. The van der Waals surface area contributed by atoms with E-state index >= 15 is 0 Å². The number of aryl methyl sites for hydroxylation is 1. The zero-order chi connectivity index (χ0) is 11.4. The third kappa shape index (κ3) is 2.41. The molecule has 1 N–H and O–H groups in total. The highest BCUT2D eigenvalue weighted by Crippen LogP contribution is 2.09.